The van der Waals surface area contributed by atoms with Gasteiger partial charge in [0, 0.05) is 6.42 Å². The molecule has 0 saturated heterocycles. The molecule has 3 heteroatoms. The minimum absolute atomic E-state index is 0.150. The lowest BCUT2D eigenvalue weighted by atomic mass is 10.1. The van der Waals surface area contributed by atoms with Crippen molar-refractivity contribution in [3.05, 3.63) is 0 Å². The van der Waals surface area contributed by atoms with Gasteiger partial charge in [0.25, 0.3) is 0 Å². The van der Waals surface area contributed by atoms with Crippen molar-refractivity contribution in [1.29, 1.82) is 0 Å². The Morgan fingerprint density at radius 2 is 1.80 bits per heavy atom. The largest absolute Gasteiger partial charge is 0.330 e. The van der Waals surface area contributed by atoms with E-state index >= 15 is 0 Å². The molecule has 0 aromatic heterocycles. The topological polar surface area (TPSA) is 69.1 Å². The maximum atomic E-state index is 10.6. The van der Waals surface area contributed by atoms with Gasteiger partial charge in [-0.25, -0.2) is 0 Å². The molecule has 0 aromatic carbocycles. The summed E-state index contributed by atoms with van der Waals surface area (Å²) in [5, 5.41) is 0. The van der Waals surface area contributed by atoms with Crippen molar-refractivity contribution in [2.45, 2.75) is 25.7 Å². The molecular formula is C7H16N2O. The number of nitrogens with two attached hydrogens (primary N) is 2. The Morgan fingerprint density at radius 3 is 2.30 bits per heavy atom. The summed E-state index contributed by atoms with van der Waals surface area (Å²) in [5.41, 5.74) is 10.4. The Morgan fingerprint density at radius 1 is 1.10 bits per heavy atom. The highest BCUT2D eigenvalue weighted by Gasteiger charge is 1.96. The molecule has 4 N–H and O–H groups in total. The Balaban J connectivity index is 2.96. The zero-order chi connectivity index (χ0) is 7.82. The number of unbranched alkanes of at least 4 members (excludes halogenated alkanes) is 2. The number of carbonyl (C=O) groups excluding carboxylic acids is 1. The molecule has 3 nitrogen and oxygen atoms in total. The smallest absolute Gasteiger partial charge is 0.146 e. The van der Waals surface area contributed by atoms with Gasteiger partial charge in [-0.15, -0.1) is 0 Å². The minimum atomic E-state index is 0.150. The fourth-order valence-electron chi connectivity index (χ4n) is 0.745. The van der Waals surface area contributed by atoms with Crippen LogP contribution in [0.3, 0.4) is 0 Å². The molecule has 0 unspecified atom stereocenters. The summed E-state index contributed by atoms with van der Waals surface area (Å²) >= 11 is 0. The van der Waals surface area contributed by atoms with Crippen molar-refractivity contribution in [2.24, 2.45) is 11.5 Å². The van der Waals surface area contributed by atoms with E-state index in [9.17, 15) is 4.79 Å². The quantitative estimate of drug-likeness (QED) is 0.517. The molecule has 0 amide bonds. The van der Waals surface area contributed by atoms with Gasteiger partial charge in [-0.2, -0.15) is 0 Å². The van der Waals surface area contributed by atoms with Gasteiger partial charge in [-0.1, -0.05) is 6.42 Å². The van der Waals surface area contributed by atoms with Gasteiger partial charge >= 0.3 is 0 Å². The number of rotatable bonds is 6. The SMILES string of the molecule is NCCCCCC(=O)CN. The third-order valence-corrected chi connectivity index (χ3v) is 1.39. The molecule has 0 atom stereocenters. The summed E-state index contributed by atoms with van der Waals surface area (Å²) in [6.45, 7) is 0.902. The lowest BCUT2D eigenvalue weighted by Gasteiger charge is -1.96. The number of ketones is 1. The lowest BCUT2D eigenvalue weighted by molar-refractivity contribution is -0.117. The monoisotopic (exact) mass is 144 g/mol. The minimum Gasteiger partial charge on any atom is -0.330 e. The Kier molecular flexibility index (Phi) is 6.43. The van der Waals surface area contributed by atoms with Crippen LogP contribution in [-0.4, -0.2) is 18.9 Å². The van der Waals surface area contributed by atoms with Crippen LogP contribution in [0.4, 0.5) is 0 Å². The second-order valence-corrected chi connectivity index (χ2v) is 2.34. The fraction of sp³-hybridized carbons (Fsp3) is 0.857. The predicted molar refractivity (Wildman–Crippen MR) is 41.6 cm³/mol. The van der Waals surface area contributed by atoms with Crippen molar-refractivity contribution in [1.82, 2.24) is 0 Å². The molecule has 0 fully saturated rings. The van der Waals surface area contributed by atoms with E-state index in [-0.39, 0.29) is 12.3 Å². The van der Waals surface area contributed by atoms with Crippen LogP contribution in [0.15, 0.2) is 0 Å². The highest BCUT2D eigenvalue weighted by molar-refractivity contribution is 5.80. The second kappa shape index (κ2) is 6.71. The molecule has 60 valence electrons. The van der Waals surface area contributed by atoms with Crippen LogP contribution in [0.1, 0.15) is 25.7 Å². The molecule has 0 radical (unpaired) electrons. The van der Waals surface area contributed by atoms with Crippen LogP contribution in [0.25, 0.3) is 0 Å². The maximum absolute atomic E-state index is 10.6. The molecule has 0 rings (SSSR count). The summed E-state index contributed by atoms with van der Waals surface area (Å²) in [5.74, 6) is 0.150. The normalized spacial score (nSPS) is 9.80. The van der Waals surface area contributed by atoms with Crippen LogP contribution in [0, 0.1) is 0 Å². The average Bonchev–Trinajstić information content (AvgIpc) is 1.98. The molecular weight excluding hydrogens is 128 g/mol. The molecule has 0 spiro atoms. The maximum Gasteiger partial charge on any atom is 0.146 e. The van der Waals surface area contributed by atoms with Gasteiger partial charge < -0.3 is 11.5 Å². The van der Waals surface area contributed by atoms with E-state index in [1.165, 1.54) is 0 Å². The standard InChI is InChI=1S/C7H16N2O/c8-5-3-1-2-4-7(10)6-9/h1-6,8-9H2. The number of hydrogen-bond donors (Lipinski definition) is 2. The van der Waals surface area contributed by atoms with Gasteiger partial charge in [0.1, 0.15) is 5.78 Å². The molecule has 0 saturated carbocycles. The van der Waals surface area contributed by atoms with Crippen molar-refractivity contribution in [3.63, 3.8) is 0 Å². The summed E-state index contributed by atoms with van der Waals surface area (Å²) in [4.78, 5) is 10.6. The number of hydrogen-bond acceptors (Lipinski definition) is 3. The fourth-order valence-corrected chi connectivity index (χ4v) is 0.745. The first kappa shape index (κ1) is 9.59. The highest BCUT2D eigenvalue weighted by atomic mass is 16.1. The van der Waals surface area contributed by atoms with E-state index in [2.05, 4.69) is 0 Å². The van der Waals surface area contributed by atoms with Crippen LogP contribution < -0.4 is 11.5 Å². The van der Waals surface area contributed by atoms with E-state index in [1.807, 2.05) is 0 Å². The third-order valence-electron chi connectivity index (χ3n) is 1.39. The van der Waals surface area contributed by atoms with E-state index in [1.54, 1.807) is 0 Å². The van der Waals surface area contributed by atoms with Crippen LogP contribution >= 0.6 is 0 Å². The molecule has 0 heterocycles. The second-order valence-electron chi connectivity index (χ2n) is 2.34. The molecule has 0 aliphatic carbocycles. The first-order valence-electron chi connectivity index (χ1n) is 3.73. The number of Topliss-reactive ketones (excluding diaryl/α,β-unsaturated/α-hetero) is 1. The van der Waals surface area contributed by atoms with Gasteiger partial charge in [0.05, 0.1) is 6.54 Å². The molecule has 10 heavy (non-hydrogen) atoms. The Bertz CT molecular complexity index is 93.6. The lowest BCUT2D eigenvalue weighted by Crippen LogP contribution is -2.12. The zero-order valence-electron chi connectivity index (χ0n) is 6.31. The van der Waals surface area contributed by atoms with Gasteiger partial charge in [-0.3, -0.25) is 4.79 Å². The molecule has 0 bridgehead atoms. The van der Waals surface area contributed by atoms with Gasteiger partial charge in [0.2, 0.25) is 0 Å². The van der Waals surface area contributed by atoms with E-state index < -0.39 is 0 Å². The average molecular weight is 144 g/mol. The molecule has 0 aliphatic heterocycles. The van der Waals surface area contributed by atoms with Crippen molar-refractivity contribution < 1.29 is 4.79 Å². The van der Waals surface area contributed by atoms with Gasteiger partial charge in [-0.05, 0) is 19.4 Å². The Hall–Kier alpha value is -0.410. The third kappa shape index (κ3) is 5.72. The molecule has 0 aliphatic rings. The van der Waals surface area contributed by atoms with E-state index in [4.69, 9.17) is 11.5 Å². The summed E-state index contributed by atoms with van der Waals surface area (Å²) in [6, 6.07) is 0. The number of carbonyl (C=O) groups is 1. The first-order valence-corrected chi connectivity index (χ1v) is 3.73. The van der Waals surface area contributed by atoms with E-state index in [0.717, 1.165) is 25.8 Å². The zero-order valence-corrected chi connectivity index (χ0v) is 6.31. The highest BCUT2D eigenvalue weighted by Crippen LogP contribution is 1.98. The molecule has 0 aromatic rings. The van der Waals surface area contributed by atoms with Crippen molar-refractivity contribution in [2.75, 3.05) is 13.1 Å². The Labute approximate surface area is 61.8 Å². The van der Waals surface area contributed by atoms with Crippen LogP contribution in [0.5, 0.6) is 0 Å². The van der Waals surface area contributed by atoms with Crippen molar-refractivity contribution >= 4 is 5.78 Å². The van der Waals surface area contributed by atoms with Crippen LogP contribution in [0.2, 0.25) is 0 Å². The van der Waals surface area contributed by atoms with Gasteiger partial charge in [0.15, 0.2) is 0 Å². The predicted octanol–water partition coefficient (Wildman–Crippen LogP) is 0.0333. The summed E-state index contributed by atoms with van der Waals surface area (Å²) in [7, 11) is 0. The van der Waals surface area contributed by atoms with Crippen molar-refractivity contribution in [3.8, 4) is 0 Å². The van der Waals surface area contributed by atoms with Crippen LogP contribution in [-0.2, 0) is 4.79 Å². The summed E-state index contributed by atoms with van der Waals surface area (Å²) < 4.78 is 0. The van der Waals surface area contributed by atoms with E-state index in [0.29, 0.717) is 6.42 Å². The summed E-state index contributed by atoms with van der Waals surface area (Å²) in [6.07, 6.45) is 3.61. The first-order chi connectivity index (χ1) is 4.81.